The molecule has 1 atom stereocenters. The van der Waals surface area contributed by atoms with Crippen molar-refractivity contribution < 1.29 is 0 Å². The van der Waals surface area contributed by atoms with E-state index >= 15 is 0 Å². The Morgan fingerprint density at radius 2 is 2.75 bits per heavy atom. The van der Waals surface area contributed by atoms with Crippen molar-refractivity contribution in [3.8, 4) is 0 Å². The van der Waals surface area contributed by atoms with Gasteiger partial charge in [0.2, 0.25) is 0 Å². The fraction of sp³-hybridized carbons (Fsp3) is 0.800. The van der Waals surface area contributed by atoms with Crippen LogP contribution >= 0.6 is 0 Å². The smallest absolute Gasteiger partial charge is 0.0445 e. The maximum absolute atomic E-state index is 5.44. The van der Waals surface area contributed by atoms with E-state index in [1.807, 2.05) is 6.21 Å². The summed E-state index contributed by atoms with van der Waals surface area (Å²) < 4.78 is 0. The molecule has 0 amide bonds. The Bertz CT molecular complexity index is 110. The van der Waals surface area contributed by atoms with Crippen LogP contribution in [0.15, 0.2) is 5.10 Å². The highest BCUT2D eigenvalue weighted by Gasteiger charge is 2.22. The predicted molar refractivity (Wildman–Crippen MR) is 33.7 cm³/mol. The molecule has 0 radical (unpaired) electrons. The summed E-state index contributed by atoms with van der Waals surface area (Å²) in [6.45, 7) is 3.63. The molecule has 0 aromatic carbocycles. The molecular formula is C5H11N3. The maximum Gasteiger partial charge on any atom is 0.0445 e. The molecule has 0 aromatic rings. The van der Waals surface area contributed by atoms with Gasteiger partial charge in [-0.25, -0.2) is 0 Å². The first-order valence-electron chi connectivity index (χ1n) is 2.74. The van der Waals surface area contributed by atoms with Crippen LogP contribution in [0.1, 0.15) is 6.92 Å². The normalized spacial score (nSPS) is 35.2. The molecular weight excluding hydrogens is 102 g/mol. The summed E-state index contributed by atoms with van der Waals surface area (Å²) in [4.78, 5) is 0. The summed E-state index contributed by atoms with van der Waals surface area (Å²) in [6.07, 6.45) is 1.87. The first kappa shape index (κ1) is 5.56. The molecule has 0 spiro atoms. The first-order chi connectivity index (χ1) is 3.77. The average Bonchev–Trinajstić information content (AvgIpc) is 2.17. The van der Waals surface area contributed by atoms with Crippen molar-refractivity contribution in [1.82, 2.24) is 5.43 Å². The molecule has 3 nitrogen and oxygen atoms in total. The molecule has 8 heavy (non-hydrogen) atoms. The fourth-order valence-electron chi connectivity index (χ4n) is 0.598. The zero-order chi connectivity index (χ0) is 6.04. The molecule has 0 saturated heterocycles. The number of nitrogens with one attached hydrogen (secondary N) is 1. The first-order valence-corrected chi connectivity index (χ1v) is 2.74. The van der Waals surface area contributed by atoms with Crippen LogP contribution in [0.25, 0.3) is 0 Å². The van der Waals surface area contributed by atoms with Crippen molar-refractivity contribution in [3.05, 3.63) is 0 Å². The van der Waals surface area contributed by atoms with Gasteiger partial charge in [0.15, 0.2) is 0 Å². The van der Waals surface area contributed by atoms with Crippen molar-refractivity contribution in [1.29, 1.82) is 0 Å². The van der Waals surface area contributed by atoms with Gasteiger partial charge in [-0.2, -0.15) is 5.10 Å². The molecule has 1 aliphatic rings. The summed E-state index contributed by atoms with van der Waals surface area (Å²) in [5.41, 5.74) is 8.40. The minimum Gasteiger partial charge on any atom is -0.329 e. The van der Waals surface area contributed by atoms with E-state index in [1.54, 1.807) is 0 Å². The van der Waals surface area contributed by atoms with Gasteiger partial charge in [0.1, 0.15) is 0 Å². The highest BCUT2D eigenvalue weighted by atomic mass is 15.3. The van der Waals surface area contributed by atoms with Crippen LogP contribution in [-0.2, 0) is 0 Å². The predicted octanol–water partition coefficient (Wildman–Crippen LogP) is -0.460. The molecule has 1 aliphatic heterocycles. The van der Waals surface area contributed by atoms with Crippen LogP contribution in [0.5, 0.6) is 0 Å². The van der Waals surface area contributed by atoms with Gasteiger partial charge in [-0.3, -0.25) is 0 Å². The van der Waals surface area contributed by atoms with Gasteiger partial charge in [-0.05, 0) is 0 Å². The number of hydrogen-bond acceptors (Lipinski definition) is 3. The summed E-state index contributed by atoms with van der Waals surface area (Å²) in [7, 11) is 0. The van der Waals surface area contributed by atoms with Gasteiger partial charge < -0.3 is 11.2 Å². The van der Waals surface area contributed by atoms with E-state index in [-0.39, 0.29) is 5.41 Å². The highest BCUT2D eigenvalue weighted by Crippen LogP contribution is 2.12. The zero-order valence-corrected chi connectivity index (χ0v) is 5.02. The van der Waals surface area contributed by atoms with Gasteiger partial charge >= 0.3 is 0 Å². The van der Waals surface area contributed by atoms with Crippen LogP contribution in [-0.4, -0.2) is 19.3 Å². The second kappa shape index (κ2) is 1.74. The number of rotatable bonds is 1. The number of hydrazone groups is 1. The lowest BCUT2D eigenvalue weighted by Gasteiger charge is -2.14. The summed E-state index contributed by atoms with van der Waals surface area (Å²) >= 11 is 0. The molecule has 0 fully saturated rings. The lowest BCUT2D eigenvalue weighted by molar-refractivity contribution is 0.490. The number of nitrogens with two attached hydrogens (primary N) is 1. The average molecular weight is 113 g/mol. The van der Waals surface area contributed by atoms with Crippen molar-refractivity contribution in [2.24, 2.45) is 16.3 Å². The van der Waals surface area contributed by atoms with Crippen LogP contribution in [0.2, 0.25) is 0 Å². The molecule has 3 N–H and O–H groups in total. The third kappa shape index (κ3) is 0.816. The second-order valence-electron chi connectivity index (χ2n) is 2.45. The monoisotopic (exact) mass is 113 g/mol. The van der Waals surface area contributed by atoms with Crippen molar-refractivity contribution in [2.45, 2.75) is 6.92 Å². The minimum atomic E-state index is 0.111. The van der Waals surface area contributed by atoms with Gasteiger partial charge in [0.05, 0.1) is 0 Å². The maximum atomic E-state index is 5.44. The molecule has 0 aromatic heterocycles. The largest absolute Gasteiger partial charge is 0.329 e. The molecule has 1 unspecified atom stereocenters. The molecule has 0 aliphatic carbocycles. The third-order valence-corrected chi connectivity index (χ3v) is 1.42. The lowest BCUT2D eigenvalue weighted by Crippen LogP contribution is -2.32. The standard InChI is InChI=1S/C5H11N3/c1-5(2-6)3-7-8-4-5/h3,8H,2,4,6H2,1H3. The number of hydrogen-bond donors (Lipinski definition) is 2. The zero-order valence-electron chi connectivity index (χ0n) is 5.02. The Hall–Kier alpha value is -0.570. The minimum absolute atomic E-state index is 0.111. The van der Waals surface area contributed by atoms with Gasteiger partial charge in [-0.15, -0.1) is 0 Å². The van der Waals surface area contributed by atoms with Crippen molar-refractivity contribution in [2.75, 3.05) is 13.1 Å². The molecule has 46 valence electrons. The topological polar surface area (TPSA) is 50.4 Å². The third-order valence-electron chi connectivity index (χ3n) is 1.42. The van der Waals surface area contributed by atoms with E-state index in [4.69, 9.17) is 5.73 Å². The van der Waals surface area contributed by atoms with Crippen LogP contribution in [0.4, 0.5) is 0 Å². The molecule has 1 rings (SSSR count). The van der Waals surface area contributed by atoms with Crippen molar-refractivity contribution in [3.63, 3.8) is 0 Å². The Kier molecular flexibility index (Phi) is 1.21. The van der Waals surface area contributed by atoms with Crippen LogP contribution in [0.3, 0.4) is 0 Å². The lowest BCUT2D eigenvalue weighted by atomic mass is 9.94. The van der Waals surface area contributed by atoms with E-state index in [0.717, 1.165) is 6.54 Å². The molecule has 3 heteroatoms. The Morgan fingerprint density at radius 3 is 3.00 bits per heavy atom. The summed E-state index contributed by atoms with van der Waals surface area (Å²) in [5, 5.41) is 3.85. The van der Waals surface area contributed by atoms with E-state index in [1.165, 1.54) is 0 Å². The summed E-state index contributed by atoms with van der Waals surface area (Å²) in [5.74, 6) is 0. The Morgan fingerprint density at radius 1 is 2.00 bits per heavy atom. The Labute approximate surface area is 48.9 Å². The van der Waals surface area contributed by atoms with Gasteiger partial charge in [0, 0.05) is 24.7 Å². The van der Waals surface area contributed by atoms with Crippen LogP contribution < -0.4 is 11.2 Å². The van der Waals surface area contributed by atoms with Gasteiger partial charge in [0.25, 0.3) is 0 Å². The van der Waals surface area contributed by atoms with Crippen molar-refractivity contribution >= 4 is 6.21 Å². The van der Waals surface area contributed by atoms with Gasteiger partial charge in [-0.1, -0.05) is 6.92 Å². The number of nitrogens with zero attached hydrogens (tertiary/aromatic N) is 1. The van der Waals surface area contributed by atoms with E-state index < -0.39 is 0 Å². The van der Waals surface area contributed by atoms with E-state index in [0.29, 0.717) is 6.54 Å². The highest BCUT2D eigenvalue weighted by molar-refractivity contribution is 5.67. The molecule has 0 saturated carbocycles. The van der Waals surface area contributed by atoms with E-state index in [9.17, 15) is 0 Å². The summed E-state index contributed by atoms with van der Waals surface area (Å²) in [6, 6.07) is 0. The SMILES string of the molecule is CC1(CN)C=NNC1. The Balaban J connectivity index is 2.54. The molecule has 1 heterocycles. The fourth-order valence-corrected chi connectivity index (χ4v) is 0.598. The quantitative estimate of drug-likeness (QED) is 0.483. The van der Waals surface area contributed by atoms with Crippen LogP contribution in [0, 0.1) is 5.41 Å². The second-order valence-corrected chi connectivity index (χ2v) is 2.45. The van der Waals surface area contributed by atoms with E-state index in [2.05, 4.69) is 17.5 Å². The molecule has 0 bridgehead atoms.